The number of piperazine rings is 1. The van der Waals surface area contributed by atoms with Gasteiger partial charge in [-0.05, 0) is 31.0 Å². The van der Waals surface area contributed by atoms with E-state index in [1.165, 1.54) is 31.2 Å². The minimum Gasteiger partial charge on any atom is -0.360 e. The number of nitrogens with one attached hydrogen (secondary N) is 3. The molecule has 144 valence electrons. The van der Waals surface area contributed by atoms with Crippen LogP contribution < -0.4 is 20.9 Å². The number of hydrogen-bond donors (Lipinski definition) is 3. The summed E-state index contributed by atoms with van der Waals surface area (Å²) in [6, 6.07) is 8.34. The zero-order valence-corrected chi connectivity index (χ0v) is 16.2. The smallest absolute Gasteiger partial charge is 0.239 e. The second kappa shape index (κ2) is 11.4. The lowest BCUT2D eigenvalue weighted by molar-refractivity contribution is -0.120. The first kappa shape index (κ1) is 20.1. The molecule has 0 aromatic heterocycles. The third-order valence-electron chi connectivity index (χ3n) is 4.43. The lowest BCUT2D eigenvalue weighted by Gasteiger charge is -2.28. The molecular weight excluding hydrogens is 326 g/mol. The van der Waals surface area contributed by atoms with Crippen LogP contribution in [0.2, 0.25) is 0 Å². The fourth-order valence-corrected chi connectivity index (χ4v) is 2.94. The molecule has 6 nitrogen and oxygen atoms in total. The van der Waals surface area contributed by atoms with Crippen molar-refractivity contribution in [2.45, 2.75) is 46.1 Å². The number of nitrogens with zero attached hydrogens (tertiary/aromatic N) is 2. The molecule has 3 N–H and O–H groups in total. The van der Waals surface area contributed by atoms with E-state index in [1.807, 2.05) is 0 Å². The normalized spacial score (nSPS) is 14.9. The SMILES string of the molecule is CCCCCCNC(=NCc1ccc(N2CCNC(=O)C2)cc1)NCC. The summed E-state index contributed by atoms with van der Waals surface area (Å²) >= 11 is 0. The number of carbonyl (C=O) groups excluding carboxylic acids is 1. The van der Waals surface area contributed by atoms with E-state index in [2.05, 4.69) is 64.0 Å². The van der Waals surface area contributed by atoms with Crippen molar-refractivity contribution >= 4 is 17.6 Å². The third-order valence-corrected chi connectivity index (χ3v) is 4.43. The van der Waals surface area contributed by atoms with Crippen molar-refractivity contribution in [2.24, 2.45) is 4.99 Å². The van der Waals surface area contributed by atoms with E-state index in [1.54, 1.807) is 0 Å². The van der Waals surface area contributed by atoms with Crippen molar-refractivity contribution < 1.29 is 4.79 Å². The Morgan fingerprint density at radius 3 is 2.65 bits per heavy atom. The Hall–Kier alpha value is -2.24. The summed E-state index contributed by atoms with van der Waals surface area (Å²) in [5.41, 5.74) is 2.26. The monoisotopic (exact) mass is 359 g/mol. The maximum atomic E-state index is 11.5. The van der Waals surface area contributed by atoms with E-state index in [0.29, 0.717) is 19.6 Å². The highest BCUT2D eigenvalue weighted by atomic mass is 16.2. The summed E-state index contributed by atoms with van der Waals surface area (Å²) in [6.07, 6.45) is 4.99. The number of unbranched alkanes of at least 4 members (excludes halogenated alkanes) is 3. The average Bonchev–Trinajstić information content (AvgIpc) is 2.66. The number of guanidine groups is 1. The number of rotatable bonds is 9. The molecule has 0 spiro atoms. The van der Waals surface area contributed by atoms with E-state index in [0.717, 1.165) is 31.3 Å². The van der Waals surface area contributed by atoms with Gasteiger partial charge >= 0.3 is 0 Å². The van der Waals surface area contributed by atoms with Crippen molar-refractivity contribution in [2.75, 3.05) is 37.6 Å². The van der Waals surface area contributed by atoms with Crippen LogP contribution in [0.4, 0.5) is 5.69 Å². The van der Waals surface area contributed by atoms with Crippen LogP contribution in [0.3, 0.4) is 0 Å². The first-order valence-electron chi connectivity index (χ1n) is 9.85. The van der Waals surface area contributed by atoms with E-state index in [9.17, 15) is 4.79 Å². The summed E-state index contributed by atoms with van der Waals surface area (Å²) in [5, 5.41) is 9.56. The Kier molecular flexibility index (Phi) is 8.79. The lowest BCUT2D eigenvalue weighted by atomic mass is 10.2. The van der Waals surface area contributed by atoms with Crippen LogP contribution in [0.5, 0.6) is 0 Å². The van der Waals surface area contributed by atoms with Gasteiger partial charge in [0, 0.05) is 31.9 Å². The zero-order valence-electron chi connectivity index (χ0n) is 16.2. The van der Waals surface area contributed by atoms with Gasteiger partial charge in [-0.15, -0.1) is 0 Å². The van der Waals surface area contributed by atoms with Gasteiger partial charge in [0.2, 0.25) is 5.91 Å². The number of carbonyl (C=O) groups is 1. The predicted octanol–water partition coefficient (Wildman–Crippen LogP) is 2.26. The van der Waals surface area contributed by atoms with Gasteiger partial charge in [-0.3, -0.25) is 4.79 Å². The number of hydrogen-bond acceptors (Lipinski definition) is 3. The second-order valence-corrected chi connectivity index (χ2v) is 6.62. The Morgan fingerprint density at radius 2 is 1.96 bits per heavy atom. The van der Waals surface area contributed by atoms with Crippen molar-refractivity contribution in [1.82, 2.24) is 16.0 Å². The van der Waals surface area contributed by atoms with Gasteiger partial charge in [0.15, 0.2) is 5.96 Å². The molecule has 0 saturated carbocycles. The van der Waals surface area contributed by atoms with Crippen molar-refractivity contribution in [3.8, 4) is 0 Å². The molecule has 1 amide bonds. The molecule has 2 rings (SSSR count). The van der Waals surface area contributed by atoms with E-state index < -0.39 is 0 Å². The third kappa shape index (κ3) is 6.94. The second-order valence-electron chi connectivity index (χ2n) is 6.62. The van der Waals surface area contributed by atoms with E-state index >= 15 is 0 Å². The highest BCUT2D eigenvalue weighted by Gasteiger charge is 2.16. The van der Waals surface area contributed by atoms with Crippen molar-refractivity contribution in [3.05, 3.63) is 29.8 Å². The van der Waals surface area contributed by atoms with Crippen LogP contribution in [0.25, 0.3) is 0 Å². The van der Waals surface area contributed by atoms with Gasteiger partial charge < -0.3 is 20.9 Å². The molecule has 1 aromatic carbocycles. The van der Waals surface area contributed by atoms with Gasteiger partial charge in [-0.1, -0.05) is 38.3 Å². The molecular formula is C20H33N5O. The highest BCUT2D eigenvalue weighted by Crippen LogP contribution is 2.16. The Labute approximate surface area is 157 Å². The van der Waals surface area contributed by atoms with Gasteiger partial charge in [0.1, 0.15) is 0 Å². The summed E-state index contributed by atoms with van der Waals surface area (Å²) in [5.74, 6) is 0.964. The van der Waals surface area contributed by atoms with Gasteiger partial charge in [-0.2, -0.15) is 0 Å². The Morgan fingerprint density at radius 1 is 1.15 bits per heavy atom. The number of anilines is 1. The lowest BCUT2D eigenvalue weighted by Crippen LogP contribution is -2.47. The standard InChI is InChI=1S/C20H33N5O/c1-3-5-6-7-12-23-20(21-4-2)24-15-17-8-10-18(11-9-17)25-14-13-22-19(26)16-25/h8-11H,3-7,12-16H2,1-2H3,(H,22,26)(H2,21,23,24). The minimum atomic E-state index is 0.0882. The molecule has 0 atom stereocenters. The molecule has 1 saturated heterocycles. The molecule has 1 aliphatic rings. The van der Waals surface area contributed by atoms with Crippen molar-refractivity contribution in [1.29, 1.82) is 0 Å². The van der Waals surface area contributed by atoms with E-state index in [-0.39, 0.29) is 5.91 Å². The van der Waals surface area contributed by atoms with Gasteiger partial charge in [0.25, 0.3) is 0 Å². The quantitative estimate of drug-likeness (QED) is 0.359. The molecule has 0 unspecified atom stereocenters. The summed E-state index contributed by atoms with van der Waals surface area (Å²) in [7, 11) is 0. The Balaban J connectivity index is 1.84. The number of benzene rings is 1. The first-order valence-corrected chi connectivity index (χ1v) is 9.85. The fraction of sp³-hybridized carbons (Fsp3) is 0.600. The topological polar surface area (TPSA) is 68.8 Å². The molecule has 1 fully saturated rings. The van der Waals surface area contributed by atoms with Crippen LogP contribution in [0, 0.1) is 0 Å². The summed E-state index contributed by atoms with van der Waals surface area (Å²) in [6.45, 7) is 8.77. The fourth-order valence-electron chi connectivity index (χ4n) is 2.94. The zero-order chi connectivity index (χ0) is 18.6. The average molecular weight is 360 g/mol. The van der Waals surface area contributed by atoms with Crippen LogP contribution in [0.1, 0.15) is 45.1 Å². The minimum absolute atomic E-state index is 0.0882. The van der Waals surface area contributed by atoms with Crippen LogP contribution in [-0.2, 0) is 11.3 Å². The molecule has 6 heteroatoms. The molecule has 0 bridgehead atoms. The van der Waals surface area contributed by atoms with Crippen molar-refractivity contribution in [3.63, 3.8) is 0 Å². The van der Waals surface area contributed by atoms with E-state index in [4.69, 9.17) is 0 Å². The van der Waals surface area contributed by atoms with Gasteiger partial charge in [-0.25, -0.2) is 4.99 Å². The molecule has 26 heavy (non-hydrogen) atoms. The van der Waals surface area contributed by atoms with Crippen LogP contribution in [0.15, 0.2) is 29.3 Å². The predicted molar refractivity (Wildman–Crippen MR) is 109 cm³/mol. The van der Waals surface area contributed by atoms with Crippen LogP contribution in [-0.4, -0.2) is 44.6 Å². The maximum Gasteiger partial charge on any atom is 0.239 e. The molecule has 0 aliphatic carbocycles. The Bertz CT molecular complexity index is 570. The largest absolute Gasteiger partial charge is 0.360 e. The molecule has 1 aliphatic heterocycles. The molecule has 1 aromatic rings. The maximum absolute atomic E-state index is 11.5. The first-order chi connectivity index (χ1) is 12.7. The number of amides is 1. The van der Waals surface area contributed by atoms with Crippen LogP contribution >= 0.6 is 0 Å². The van der Waals surface area contributed by atoms with Gasteiger partial charge in [0.05, 0.1) is 13.1 Å². The molecule has 1 heterocycles. The number of aliphatic imine (C=N–C) groups is 1. The summed E-state index contributed by atoms with van der Waals surface area (Å²) < 4.78 is 0. The summed E-state index contributed by atoms with van der Waals surface area (Å²) in [4.78, 5) is 18.3. The highest BCUT2D eigenvalue weighted by molar-refractivity contribution is 5.82. The molecule has 0 radical (unpaired) electrons.